The summed E-state index contributed by atoms with van der Waals surface area (Å²) in [5.74, 6) is -0.349. The average Bonchev–Trinajstić information content (AvgIpc) is 2.08. The number of halogens is 3. The summed E-state index contributed by atoms with van der Waals surface area (Å²) in [5, 5.41) is 0.453. The zero-order chi connectivity index (χ0) is 9.14. The molecule has 0 aromatic heterocycles. The Labute approximate surface area is 87.5 Å². The summed E-state index contributed by atoms with van der Waals surface area (Å²) in [4.78, 5) is 0. The first-order valence-corrected chi connectivity index (χ1v) is 3.93. The van der Waals surface area contributed by atoms with E-state index in [1.165, 1.54) is 18.2 Å². The van der Waals surface area contributed by atoms with Crippen LogP contribution < -0.4 is 11.5 Å². The largest absolute Gasteiger partial charge is 0.329 e. The number of benzene rings is 1. The summed E-state index contributed by atoms with van der Waals surface area (Å²) in [7, 11) is 0. The molecule has 0 aliphatic carbocycles. The molecule has 0 saturated heterocycles. The standard InChI is InChI=1S/C8H10ClFN2.ClH/c9-7-2-1-5(10)3-6(7)8(12)4-11;/h1-3,8H,4,11-12H2;1H/t8-;/m0./s1. The SMILES string of the molecule is Cl.NC[C@H](N)c1cc(F)ccc1Cl. The lowest BCUT2D eigenvalue weighted by Crippen LogP contribution is -2.21. The molecule has 0 amide bonds. The third-order valence-corrected chi connectivity index (χ3v) is 1.96. The van der Waals surface area contributed by atoms with Gasteiger partial charge in [0.1, 0.15) is 5.82 Å². The lowest BCUT2D eigenvalue weighted by atomic mass is 10.1. The van der Waals surface area contributed by atoms with Crippen LogP contribution in [0.4, 0.5) is 4.39 Å². The Morgan fingerprint density at radius 3 is 2.62 bits per heavy atom. The highest BCUT2D eigenvalue weighted by atomic mass is 35.5. The van der Waals surface area contributed by atoms with Gasteiger partial charge in [-0.1, -0.05) is 11.6 Å². The second-order valence-corrected chi connectivity index (χ2v) is 2.92. The zero-order valence-electron chi connectivity index (χ0n) is 6.84. The molecule has 5 heteroatoms. The monoisotopic (exact) mass is 224 g/mol. The molecular formula is C8H11Cl2FN2. The van der Waals surface area contributed by atoms with Gasteiger partial charge in [0.15, 0.2) is 0 Å². The average molecular weight is 225 g/mol. The lowest BCUT2D eigenvalue weighted by Gasteiger charge is -2.10. The highest BCUT2D eigenvalue weighted by Crippen LogP contribution is 2.21. The van der Waals surface area contributed by atoms with Crippen molar-refractivity contribution in [3.63, 3.8) is 0 Å². The molecule has 0 spiro atoms. The Bertz CT molecular complexity index is 281. The quantitative estimate of drug-likeness (QED) is 0.807. The van der Waals surface area contributed by atoms with Crippen molar-refractivity contribution >= 4 is 24.0 Å². The Morgan fingerprint density at radius 1 is 1.46 bits per heavy atom. The molecule has 74 valence electrons. The molecule has 4 N–H and O–H groups in total. The van der Waals surface area contributed by atoms with Crippen LogP contribution in [0.25, 0.3) is 0 Å². The second kappa shape index (κ2) is 5.40. The number of rotatable bonds is 2. The van der Waals surface area contributed by atoms with Gasteiger partial charge in [-0.25, -0.2) is 4.39 Å². The summed E-state index contributed by atoms with van der Waals surface area (Å²) in [6, 6.07) is 3.67. The molecule has 0 aliphatic heterocycles. The predicted octanol–water partition coefficient (Wildman–Crippen LogP) is 1.86. The van der Waals surface area contributed by atoms with E-state index < -0.39 is 6.04 Å². The number of hydrogen-bond acceptors (Lipinski definition) is 2. The normalized spacial score (nSPS) is 12.0. The Morgan fingerprint density at radius 2 is 2.08 bits per heavy atom. The first kappa shape index (κ1) is 12.7. The topological polar surface area (TPSA) is 52.0 Å². The van der Waals surface area contributed by atoms with Crippen LogP contribution in [-0.4, -0.2) is 6.54 Å². The number of hydrogen-bond donors (Lipinski definition) is 2. The van der Waals surface area contributed by atoms with Crippen molar-refractivity contribution in [3.05, 3.63) is 34.6 Å². The van der Waals surface area contributed by atoms with Crippen LogP contribution in [0.15, 0.2) is 18.2 Å². The van der Waals surface area contributed by atoms with Gasteiger partial charge in [-0.05, 0) is 23.8 Å². The summed E-state index contributed by atoms with van der Waals surface area (Å²) < 4.78 is 12.7. The number of nitrogens with two attached hydrogens (primary N) is 2. The molecule has 0 saturated carbocycles. The van der Waals surface area contributed by atoms with E-state index >= 15 is 0 Å². The van der Waals surface area contributed by atoms with Crippen LogP contribution in [0.3, 0.4) is 0 Å². The molecule has 0 radical (unpaired) electrons. The van der Waals surface area contributed by atoms with Gasteiger partial charge in [0.25, 0.3) is 0 Å². The summed E-state index contributed by atoms with van der Waals surface area (Å²) >= 11 is 5.77. The molecule has 1 rings (SSSR count). The van der Waals surface area contributed by atoms with Crippen molar-refractivity contribution in [2.45, 2.75) is 6.04 Å². The van der Waals surface area contributed by atoms with E-state index in [1.54, 1.807) is 0 Å². The van der Waals surface area contributed by atoms with E-state index in [0.717, 1.165) is 0 Å². The molecule has 0 unspecified atom stereocenters. The fourth-order valence-corrected chi connectivity index (χ4v) is 1.18. The van der Waals surface area contributed by atoms with Crippen molar-refractivity contribution in [1.82, 2.24) is 0 Å². The maximum absolute atomic E-state index is 12.7. The first-order chi connectivity index (χ1) is 5.65. The molecule has 0 fully saturated rings. The van der Waals surface area contributed by atoms with E-state index in [0.29, 0.717) is 10.6 Å². The molecule has 2 nitrogen and oxygen atoms in total. The van der Waals surface area contributed by atoms with Crippen LogP contribution >= 0.6 is 24.0 Å². The molecule has 1 aromatic rings. The fourth-order valence-electron chi connectivity index (χ4n) is 0.926. The van der Waals surface area contributed by atoms with Crippen LogP contribution in [0.5, 0.6) is 0 Å². The predicted molar refractivity (Wildman–Crippen MR) is 54.6 cm³/mol. The maximum Gasteiger partial charge on any atom is 0.123 e. The van der Waals surface area contributed by atoms with E-state index in [4.69, 9.17) is 23.1 Å². The van der Waals surface area contributed by atoms with E-state index in [1.807, 2.05) is 0 Å². The third-order valence-electron chi connectivity index (χ3n) is 1.61. The Kier molecular flexibility index (Phi) is 5.25. The van der Waals surface area contributed by atoms with E-state index in [2.05, 4.69) is 0 Å². The highest BCUT2D eigenvalue weighted by Gasteiger charge is 2.08. The van der Waals surface area contributed by atoms with Crippen LogP contribution in [0, 0.1) is 5.82 Å². The zero-order valence-corrected chi connectivity index (χ0v) is 8.41. The summed E-state index contributed by atoms with van der Waals surface area (Å²) in [6.07, 6.45) is 0. The van der Waals surface area contributed by atoms with Crippen LogP contribution in [-0.2, 0) is 0 Å². The molecule has 0 heterocycles. The van der Waals surface area contributed by atoms with Gasteiger partial charge in [-0.3, -0.25) is 0 Å². The van der Waals surface area contributed by atoms with Gasteiger partial charge >= 0.3 is 0 Å². The minimum atomic E-state index is -0.395. The van der Waals surface area contributed by atoms with Crippen LogP contribution in [0.1, 0.15) is 11.6 Å². The van der Waals surface area contributed by atoms with Crippen molar-refractivity contribution in [1.29, 1.82) is 0 Å². The Hall–Kier alpha value is -0.350. The molecule has 0 bridgehead atoms. The van der Waals surface area contributed by atoms with Crippen LogP contribution in [0.2, 0.25) is 5.02 Å². The van der Waals surface area contributed by atoms with Crippen molar-refractivity contribution in [2.24, 2.45) is 11.5 Å². The van der Waals surface area contributed by atoms with Gasteiger partial charge in [0.05, 0.1) is 0 Å². The third kappa shape index (κ3) is 3.12. The molecule has 1 atom stereocenters. The van der Waals surface area contributed by atoms with E-state index in [-0.39, 0.29) is 24.8 Å². The van der Waals surface area contributed by atoms with Gasteiger partial charge in [0, 0.05) is 17.6 Å². The van der Waals surface area contributed by atoms with Crippen molar-refractivity contribution in [3.8, 4) is 0 Å². The second-order valence-electron chi connectivity index (χ2n) is 2.51. The minimum Gasteiger partial charge on any atom is -0.329 e. The van der Waals surface area contributed by atoms with Gasteiger partial charge in [-0.15, -0.1) is 12.4 Å². The minimum absolute atomic E-state index is 0. The molecule has 1 aromatic carbocycles. The van der Waals surface area contributed by atoms with Crippen molar-refractivity contribution in [2.75, 3.05) is 6.54 Å². The van der Waals surface area contributed by atoms with Gasteiger partial charge in [-0.2, -0.15) is 0 Å². The fraction of sp³-hybridized carbons (Fsp3) is 0.250. The Balaban J connectivity index is 0.00000144. The first-order valence-electron chi connectivity index (χ1n) is 3.55. The smallest absolute Gasteiger partial charge is 0.123 e. The van der Waals surface area contributed by atoms with Gasteiger partial charge < -0.3 is 11.5 Å². The molecule has 13 heavy (non-hydrogen) atoms. The summed E-state index contributed by atoms with van der Waals surface area (Å²) in [6.45, 7) is 0.253. The highest BCUT2D eigenvalue weighted by molar-refractivity contribution is 6.31. The molecule has 0 aliphatic rings. The molecular weight excluding hydrogens is 214 g/mol. The van der Waals surface area contributed by atoms with E-state index in [9.17, 15) is 4.39 Å². The van der Waals surface area contributed by atoms with Crippen molar-refractivity contribution < 1.29 is 4.39 Å². The maximum atomic E-state index is 12.7. The van der Waals surface area contributed by atoms with Gasteiger partial charge in [0.2, 0.25) is 0 Å². The summed E-state index contributed by atoms with van der Waals surface area (Å²) in [5.41, 5.74) is 11.5. The lowest BCUT2D eigenvalue weighted by molar-refractivity contribution is 0.620.